The van der Waals surface area contributed by atoms with E-state index in [1.165, 1.54) is 0 Å². The summed E-state index contributed by atoms with van der Waals surface area (Å²) in [6.45, 7) is 1.82. The number of carbonyl (C=O) groups is 1. The zero-order chi connectivity index (χ0) is 14.7. The van der Waals surface area contributed by atoms with Crippen LogP contribution in [0.25, 0.3) is 0 Å². The summed E-state index contributed by atoms with van der Waals surface area (Å²) in [5.41, 5.74) is 1.74. The lowest BCUT2D eigenvalue weighted by Crippen LogP contribution is -2.27. The molecule has 21 heavy (non-hydrogen) atoms. The van der Waals surface area contributed by atoms with E-state index in [4.69, 9.17) is 9.68 Å². The molecule has 1 aliphatic heterocycles. The van der Waals surface area contributed by atoms with Crippen LogP contribution >= 0.6 is 0 Å². The maximum Gasteiger partial charge on any atom is 0.321 e. The second-order valence-corrected chi connectivity index (χ2v) is 4.67. The lowest BCUT2D eigenvalue weighted by Gasteiger charge is -2.15. The van der Waals surface area contributed by atoms with Crippen LogP contribution in [0.5, 0.6) is 0 Å². The summed E-state index contributed by atoms with van der Waals surface area (Å²) in [7, 11) is 0. The highest BCUT2D eigenvalue weighted by atomic mass is 16.3. The van der Waals surface area contributed by atoms with Crippen LogP contribution in [0.3, 0.4) is 0 Å². The molecule has 1 aliphatic rings. The van der Waals surface area contributed by atoms with E-state index in [9.17, 15) is 4.79 Å². The number of benzene rings is 1. The summed E-state index contributed by atoms with van der Waals surface area (Å²) in [6.07, 6.45) is 0. The molecule has 0 unspecified atom stereocenters. The quantitative estimate of drug-likeness (QED) is 0.901. The number of furan rings is 1. The number of hydrogen-bond donors (Lipinski definition) is 2. The van der Waals surface area contributed by atoms with Gasteiger partial charge < -0.3 is 15.1 Å². The number of nitriles is 1. The fraction of sp³-hybridized carbons (Fsp3) is 0.200. The molecular weight excluding hydrogens is 268 g/mol. The van der Waals surface area contributed by atoms with Gasteiger partial charge in [0.1, 0.15) is 11.8 Å². The second-order valence-electron chi connectivity index (χ2n) is 4.67. The van der Waals surface area contributed by atoms with Gasteiger partial charge in [-0.1, -0.05) is 6.07 Å². The van der Waals surface area contributed by atoms with Gasteiger partial charge in [-0.25, -0.2) is 4.79 Å². The van der Waals surface area contributed by atoms with Crippen molar-refractivity contribution in [1.82, 2.24) is 5.32 Å². The van der Waals surface area contributed by atoms with Crippen molar-refractivity contribution in [3.8, 4) is 6.07 Å². The summed E-state index contributed by atoms with van der Waals surface area (Å²) >= 11 is 0. The van der Waals surface area contributed by atoms with E-state index in [0.717, 1.165) is 11.4 Å². The maximum absolute atomic E-state index is 11.6. The minimum atomic E-state index is -0.0724. The summed E-state index contributed by atoms with van der Waals surface area (Å²) in [4.78, 5) is 13.4. The fourth-order valence-corrected chi connectivity index (χ4v) is 2.22. The van der Waals surface area contributed by atoms with Crippen molar-refractivity contribution in [2.45, 2.75) is 6.54 Å². The van der Waals surface area contributed by atoms with Gasteiger partial charge in [0.25, 0.3) is 0 Å². The Hall–Kier alpha value is -2.94. The van der Waals surface area contributed by atoms with Gasteiger partial charge in [0, 0.05) is 24.5 Å². The second kappa shape index (κ2) is 5.59. The third kappa shape index (κ3) is 2.82. The van der Waals surface area contributed by atoms with Crippen LogP contribution in [0.4, 0.5) is 16.2 Å². The largest absolute Gasteiger partial charge is 0.449 e. The highest BCUT2D eigenvalue weighted by Gasteiger charge is 2.20. The SMILES string of the molecule is N#Cc1ccc(CNc2cccc(N3CCNC3=O)c2)o1. The van der Waals surface area contributed by atoms with Crippen molar-refractivity contribution in [3.05, 3.63) is 47.9 Å². The zero-order valence-electron chi connectivity index (χ0n) is 11.3. The van der Waals surface area contributed by atoms with E-state index in [2.05, 4.69) is 10.6 Å². The fourth-order valence-electron chi connectivity index (χ4n) is 2.22. The highest BCUT2D eigenvalue weighted by molar-refractivity contribution is 5.94. The van der Waals surface area contributed by atoms with Crippen LogP contribution in [-0.4, -0.2) is 19.1 Å². The number of amides is 2. The Morgan fingerprint density at radius 2 is 2.29 bits per heavy atom. The molecule has 6 heteroatoms. The third-order valence-corrected chi connectivity index (χ3v) is 3.25. The van der Waals surface area contributed by atoms with Gasteiger partial charge in [0.15, 0.2) is 0 Å². The molecule has 106 valence electrons. The molecule has 0 bridgehead atoms. The van der Waals surface area contributed by atoms with Crippen LogP contribution in [0.1, 0.15) is 11.5 Å². The Morgan fingerprint density at radius 1 is 1.38 bits per heavy atom. The van der Waals surface area contributed by atoms with Gasteiger partial charge in [0.05, 0.1) is 6.54 Å². The Morgan fingerprint density at radius 3 is 3.00 bits per heavy atom. The highest BCUT2D eigenvalue weighted by Crippen LogP contribution is 2.21. The normalized spacial score (nSPS) is 13.9. The number of urea groups is 1. The molecule has 0 saturated carbocycles. The first-order valence-corrected chi connectivity index (χ1v) is 6.64. The molecule has 0 aliphatic carbocycles. The summed E-state index contributed by atoms with van der Waals surface area (Å²) in [5.74, 6) is 0.991. The summed E-state index contributed by atoms with van der Waals surface area (Å²) in [6, 6.07) is 12.9. The van der Waals surface area contributed by atoms with Crippen molar-refractivity contribution in [1.29, 1.82) is 5.26 Å². The molecule has 2 amide bonds. The van der Waals surface area contributed by atoms with E-state index >= 15 is 0 Å². The smallest absolute Gasteiger partial charge is 0.321 e. The third-order valence-electron chi connectivity index (χ3n) is 3.25. The van der Waals surface area contributed by atoms with Crippen molar-refractivity contribution in [3.63, 3.8) is 0 Å². The van der Waals surface area contributed by atoms with E-state index in [1.807, 2.05) is 30.3 Å². The predicted octanol–water partition coefficient (Wildman–Crippen LogP) is 2.29. The average molecular weight is 282 g/mol. The maximum atomic E-state index is 11.6. The van der Waals surface area contributed by atoms with E-state index in [-0.39, 0.29) is 6.03 Å². The Kier molecular flexibility index (Phi) is 3.48. The number of carbonyl (C=O) groups excluding carboxylic acids is 1. The van der Waals surface area contributed by atoms with Crippen molar-refractivity contribution < 1.29 is 9.21 Å². The molecule has 0 atom stereocenters. The van der Waals surface area contributed by atoms with E-state index < -0.39 is 0 Å². The first-order valence-electron chi connectivity index (χ1n) is 6.64. The van der Waals surface area contributed by atoms with Crippen molar-refractivity contribution in [2.24, 2.45) is 0 Å². The minimum absolute atomic E-state index is 0.0724. The van der Waals surface area contributed by atoms with Gasteiger partial charge in [0.2, 0.25) is 5.76 Å². The monoisotopic (exact) mass is 282 g/mol. The molecule has 2 N–H and O–H groups in total. The van der Waals surface area contributed by atoms with E-state index in [0.29, 0.717) is 31.2 Å². The van der Waals surface area contributed by atoms with Crippen molar-refractivity contribution in [2.75, 3.05) is 23.3 Å². The van der Waals surface area contributed by atoms with Crippen molar-refractivity contribution >= 4 is 17.4 Å². The number of anilines is 2. The molecule has 3 rings (SSSR count). The Bertz CT molecular complexity index is 702. The van der Waals surface area contributed by atoms with Gasteiger partial charge in [-0.15, -0.1) is 0 Å². The van der Waals surface area contributed by atoms with Crippen LogP contribution in [0, 0.1) is 11.3 Å². The molecule has 1 saturated heterocycles. The van der Waals surface area contributed by atoms with Gasteiger partial charge in [-0.3, -0.25) is 4.90 Å². The molecule has 1 fully saturated rings. The zero-order valence-corrected chi connectivity index (χ0v) is 11.3. The molecule has 0 radical (unpaired) electrons. The first-order chi connectivity index (χ1) is 10.3. The molecule has 2 heterocycles. The van der Waals surface area contributed by atoms with Crippen LogP contribution in [-0.2, 0) is 6.54 Å². The molecule has 2 aromatic rings. The average Bonchev–Trinajstić information content (AvgIpc) is 3.14. The van der Waals surface area contributed by atoms with Crippen LogP contribution < -0.4 is 15.5 Å². The number of nitrogens with zero attached hydrogens (tertiary/aromatic N) is 2. The summed E-state index contributed by atoms with van der Waals surface area (Å²) < 4.78 is 5.30. The minimum Gasteiger partial charge on any atom is -0.449 e. The first kappa shape index (κ1) is 13.1. The van der Waals surface area contributed by atoms with Gasteiger partial charge in [-0.05, 0) is 30.3 Å². The molecule has 6 nitrogen and oxygen atoms in total. The Labute approximate surface area is 122 Å². The molecule has 1 aromatic heterocycles. The lowest BCUT2D eigenvalue weighted by atomic mass is 10.2. The number of nitrogens with one attached hydrogen (secondary N) is 2. The van der Waals surface area contributed by atoms with Crippen LogP contribution in [0.15, 0.2) is 40.8 Å². The summed E-state index contributed by atoms with van der Waals surface area (Å²) in [5, 5.41) is 14.7. The standard InChI is InChI=1S/C15H14N4O2/c16-9-13-4-5-14(21-13)10-18-11-2-1-3-12(8-11)19-7-6-17-15(19)20/h1-5,8,18H,6-7,10H2,(H,17,20). The molecule has 0 spiro atoms. The van der Waals surface area contributed by atoms with Gasteiger partial charge in [-0.2, -0.15) is 5.26 Å². The predicted molar refractivity (Wildman–Crippen MR) is 77.9 cm³/mol. The lowest BCUT2D eigenvalue weighted by molar-refractivity contribution is 0.252. The van der Waals surface area contributed by atoms with E-state index in [1.54, 1.807) is 17.0 Å². The molecule has 1 aromatic carbocycles. The van der Waals surface area contributed by atoms with Crippen LogP contribution in [0.2, 0.25) is 0 Å². The topological polar surface area (TPSA) is 81.3 Å². The Balaban J connectivity index is 1.68. The number of hydrogen-bond acceptors (Lipinski definition) is 4. The molecular formula is C15H14N4O2. The van der Waals surface area contributed by atoms with Gasteiger partial charge >= 0.3 is 6.03 Å². The number of rotatable bonds is 4.